The number of unbranched alkanes of at least 4 members (excludes halogenated alkanes) is 3. The minimum Gasteiger partial charge on any atom is -0.406 e. The summed E-state index contributed by atoms with van der Waals surface area (Å²) in [4.78, 5) is 37.8. The van der Waals surface area contributed by atoms with Crippen LogP contribution in [0.15, 0.2) is 24.3 Å². The minimum absolute atomic E-state index is 0.207. The van der Waals surface area contributed by atoms with Crippen molar-refractivity contribution in [1.82, 2.24) is 10.2 Å². The Kier molecular flexibility index (Phi) is 7.10. The Labute approximate surface area is 166 Å². The Morgan fingerprint density at radius 1 is 1.17 bits per heavy atom. The van der Waals surface area contributed by atoms with Gasteiger partial charge in [0.2, 0.25) is 5.91 Å². The number of anilines is 1. The highest BCUT2D eigenvalue weighted by molar-refractivity contribution is 6.09. The summed E-state index contributed by atoms with van der Waals surface area (Å²) < 4.78 is 40.2. The van der Waals surface area contributed by atoms with Crippen molar-refractivity contribution in [3.63, 3.8) is 0 Å². The molecule has 29 heavy (non-hydrogen) atoms. The molecule has 7 nitrogen and oxygen atoms in total. The predicted octanol–water partition coefficient (Wildman–Crippen LogP) is 3.80. The highest BCUT2D eigenvalue weighted by Gasteiger charge is 2.47. The van der Waals surface area contributed by atoms with Crippen LogP contribution in [0.2, 0.25) is 0 Å². The molecular weight excluding hydrogens is 391 g/mol. The van der Waals surface area contributed by atoms with Gasteiger partial charge in [0.25, 0.3) is 5.91 Å². The zero-order valence-electron chi connectivity index (χ0n) is 16.3. The molecule has 0 aromatic heterocycles. The van der Waals surface area contributed by atoms with Crippen molar-refractivity contribution in [3.8, 4) is 5.75 Å². The quantitative estimate of drug-likeness (QED) is 0.474. The molecule has 0 aliphatic carbocycles. The molecule has 0 radical (unpaired) electrons. The van der Waals surface area contributed by atoms with Gasteiger partial charge in [-0.1, -0.05) is 32.6 Å². The lowest BCUT2D eigenvalue weighted by Gasteiger charge is -2.21. The molecule has 160 valence electrons. The summed E-state index contributed by atoms with van der Waals surface area (Å²) in [6.45, 7) is 3.22. The Hall–Kier alpha value is -2.78. The first-order valence-corrected chi connectivity index (χ1v) is 9.34. The number of hydrogen-bond acceptors (Lipinski definition) is 4. The number of benzene rings is 1. The smallest absolute Gasteiger partial charge is 0.406 e. The molecule has 10 heteroatoms. The van der Waals surface area contributed by atoms with Gasteiger partial charge in [0, 0.05) is 5.69 Å². The fraction of sp³-hybridized carbons (Fsp3) is 0.526. The lowest BCUT2D eigenvalue weighted by Crippen LogP contribution is -2.44. The van der Waals surface area contributed by atoms with Crippen molar-refractivity contribution < 1.29 is 32.3 Å². The number of nitrogens with zero attached hydrogens (tertiary/aromatic N) is 1. The molecule has 1 heterocycles. The number of imide groups is 1. The van der Waals surface area contributed by atoms with Crippen molar-refractivity contribution in [1.29, 1.82) is 0 Å². The van der Waals surface area contributed by atoms with Gasteiger partial charge < -0.3 is 15.4 Å². The molecule has 1 saturated heterocycles. The van der Waals surface area contributed by atoms with Crippen molar-refractivity contribution in [3.05, 3.63) is 24.3 Å². The summed E-state index contributed by atoms with van der Waals surface area (Å²) in [6.07, 6.45) is -0.510. The molecule has 0 spiro atoms. The Morgan fingerprint density at radius 2 is 1.83 bits per heavy atom. The first-order chi connectivity index (χ1) is 13.5. The van der Waals surface area contributed by atoms with Gasteiger partial charge in [-0.15, -0.1) is 13.2 Å². The van der Waals surface area contributed by atoms with Gasteiger partial charge in [-0.3, -0.25) is 14.5 Å². The van der Waals surface area contributed by atoms with Crippen molar-refractivity contribution in [2.24, 2.45) is 0 Å². The number of urea groups is 1. The molecule has 1 aromatic rings. The monoisotopic (exact) mass is 415 g/mol. The van der Waals surface area contributed by atoms with E-state index in [-0.39, 0.29) is 5.69 Å². The van der Waals surface area contributed by atoms with Crippen LogP contribution in [0.4, 0.5) is 23.7 Å². The van der Waals surface area contributed by atoms with Crippen LogP contribution in [-0.4, -0.2) is 41.2 Å². The zero-order chi connectivity index (χ0) is 21.7. The second kappa shape index (κ2) is 9.15. The summed E-state index contributed by atoms with van der Waals surface area (Å²) in [5.74, 6) is -1.54. The molecule has 0 saturated carbocycles. The summed E-state index contributed by atoms with van der Waals surface area (Å²) >= 11 is 0. The van der Waals surface area contributed by atoms with E-state index in [0.717, 1.165) is 42.7 Å². The van der Waals surface area contributed by atoms with Crippen LogP contribution >= 0.6 is 0 Å². The molecule has 1 aromatic carbocycles. The van der Waals surface area contributed by atoms with Gasteiger partial charge in [-0.25, -0.2) is 4.79 Å². The van der Waals surface area contributed by atoms with Crippen molar-refractivity contribution >= 4 is 23.5 Å². The average Bonchev–Trinajstić information content (AvgIpc) is 2.83. The van der Waals surface area contributed by atoms with E-state index >= 15 is 0 Å². The maximum atomic E-state index is 12.6. The van der Waals surface area contributed by atoms with Crippen LogP contribution in [0.3, 0.4) is 0 Å². The first-order valence-electron chi connectivity index (χ1n) is 9.34. The average molecular weight is 415 g/mol. The topological polar surface area (TPSA) is 87.7 Å². The lowest BCUT2D eigenvalue weighted by atomic mass is 9.94. The minimum atomic E-state index is -4.81. The summed E-state index contributed by atoms with van der Waals surface area (Å²) in [5, 5.41) is 5.08. The third-order valence-electron chi connectivity index (χ3n) is 4.55. The van der Waals surface area contributed by atoms with Gasteiger partial charge in [-0.2, -0.15) is 0 Å². The molecule has 1 fully saturated rings. The highest BCUT2D eigenvalue weighted by atomic mass is 19.4. The second-order valence-electron chi connectivity index (χ2n) is 7.08. The fourth-order valence-electron chi connectivity index (χ4n) is 3.05. The number of carbonyl (C=O) groups excluding carboxylic acids is 3. The molecule has 1 aliphatic heterocycles. The molecule has 0 bridgehead atoms. The van der Waals surface area contributed by atoms with Gasteiger partial charge in [0.15, 0.2) is 0 Å². The van der Waals surface area contributed by atoms with E-state index in [4.69, 9.17) is 0 Å². The molecule has 0 unspecified atom stereocenters. The lowest BCUT2D eigenvalue weighted by molar-refractivity contribution is -0.274. The molecular formula is C19H24F3N3O4. The van der Waals surface area contributed by atoms with Gasteiger partial charge in [0.05, 0.1) is 0 Å². The van der Waals surface area contributed by atoms with E-state index in [1.54, 1.807) is 6.92 Å². The fourth-order valence-corrected chi connectivity index (χ4v) is 3.05. The maximum Gasteiger partial charge on any atom is 0.573 e. The van der Waals surface area contributed by atoms with E-state index in [1.807, 2.05) is 0 Å². The van der Waals surface area contributed by atoms with Crippen LogP contribution in [0, 0.1) is 0 Å². The van der Waals surface area contributed by atoms with Crippen molar-refractivity contribution in [2.45, 2.75) is 57.9 Å². The van der Waals surface area contributed by atoms with Crippen molar-refractivity contribution in [2.75, 3.05) is 11.9 Å². The summed E-state index contributed by atoms with van der Waals surface area (Å²) in [7, 11) is 0. The van der Waals surface area contributed by atoms with Crippen LogP contribution in [0.1, 0.15) is 46.0 Å². The normalized spacial score (nSPS) is 19.3. The third-order valence-corrected chi connectivity index (χ3v) is 4.55. The SMILES string of the molecule is CCCCCC[C@]1(C)NC(=O)N(CC(=O)Nc2ccc(OC(F)(F)F)cc2)C1=O. The van der Waals surface area contributed by atoms with Gasteiger partial charge >= 0.3 is 12.4 Å². The first kappa shape index (κ1) is 22.5. The maximum absolute atomic E-state index is 12.6. The van der Waals surface area contributed by atoms with E-state index in [0.29, 0.717) is 6.42 Å². The number of amides is 4. The van der Waals surface area contributed by atoms with Gasteiger partial charge in [0.1, 0.15) is 17.8 Å². The summed E-state index contributed by atoms with van der Waals surface area (Å²) in [6, 6.07) is 3.90. The predicted molar refractivity (Wildman–Crippen MR) is 99.2 cm³/mol. The zero-order valence-corrected chi connectivity index (χ0v) is 16.3. The van der Waals surface area contributed by atoms with Crippen LogP contribution < -0.4 is 15.4 Å². The van der Waals surface area contributed by atoms with Gasteiger partial charge in [-0.05, 0) is 37.6 Å². The Bertz CT molecular complexity index is 752. The Morgan fingerprint density at radius 3 is 2.41 bits per heavy atom. The molecule has 2 N–H and O–H groups in total. The number of ether oxygens (including phenoxy) is 1. The van der Waals surface area contributed by atoms with Crippen LogP contribution in [0.5, 0.6) is 5.75 Å². The molecule has 2 rings (SSSR count). The van der Waals surface area contributed by atoms with Crippen LogP contribution in [-0.2, 0) is 9.59 Å². The number of halogens is 3. The summed E-state index contributed by atoms with van der Waals surface area (Å²) in [5.41, 5.74) is -0.833. The van der Waals surface area contributed by atoms with E-state index in [1.165, 1.54) is 12.1 Å². The van der Waals surface area contributed by atoms with E-state index in [2.05, 4.69) is 22.3 Å². The third kappa shape index (κ3) is 6.37. The number of hydrogen-bond donors (Lipinski definition) is 2. The standard InChI is InChI=1S/C19H24F3N3O4/c1-3-4-5-6-11-18(2)16(27)25(17(28)24-18)12-15(26)23-13-7-9-14(10-8-13)29-19(20,21)22/h7-10H,3-6,11-12H2,1-2H3,(H,23,26)(H,24,28)/t18-/m0/s1. The molecule has 1 aliphatic rings. The molecule has 4 amide bonds. The second-order valence-corrected chi connectivity index (χ2v) is 7.08. The van der Waals surface area contributed by atoms with E-state index in [9.17, 15) is 27.6 Å². The number of carbonyl (C=O) groups is 3. The largest absolute Gasteiger partial charge is 0.573 e. The van der Waals surface area contributed by atoms with E-state index < -0.39 is 42.0 Å². The highest BCUT2D eigenvalue weighted by Crippen LogP contribution is 2.25. The number of nitrogens with one attached hydrogen (secondary N) is 2. The number of rotatable bonds is 9. The molecule has 1 atom stereocenters. The Balaban J connectivity index is 1.91. The number of alkyl halides is 3. The van der Waals surface area contributed by atoms with Crippen LogP contribution in [0.25, 0.3) is 0 Å².